The fraction of sp³-hybridized carbons (Fsp3) is 0.679. The zero-order valence-corrected chi connectivity index (χ0v) is 19.4. The van der Waals surface area contributed by atoms with Crippen molar-refractivity contribution < 1.29 is 9.18 Å². The molecule has 0 spiro atoms. The highest BCUT2D eigenvalue weighted by Gasteiger charge is 2.60. The van der Waals surface area contributed by atoms with Crippen LogP contribution in [0.3, 0.4) is 0 Å². The van der Waals surface area contributed by atoms with Crippen LogP contribution in [0.1, 0.15) is 71.3 Å². The van der Waals surface area contributed by atoms with Crippen molar-refractivity contribution in [3.05, 3.63) is 47.8 Å². The van der Waals surface area contributed by atoms with Crippen LogP contribution in [0.4, 0.5) is 4.39 Å². The second kappa shape index (κ2) is 7.74. The number of hydrogen-bond acceptors (Lipinski definition) is 1. The van der Waals surface area contributed by atoms with Gasteiger partial charge in [0, 0.05) is 18.0 Å². The fourth-order valence-corrected chi connectivity index (χ4v) is 8.55. The SMILES string of the molecule is CCN1C(=O)C=C[C@]2(C)[C@H]3CC[C@]4(C)[C@@H](CCc5ccc(F)cc5)CC[C@H]4[C@@H]3CC[C@@H]12. The summed E-state index contributed by atoms with van der Waals surface area (Å²) in [5, 5.41) is 0. The number of carbonyl (C=O) groups is 1. The van der Waals surface area contributed by atoms with Gasteiger partial charge < -0.3 is 4.90 Å². The first-order valence-corrected chi connectivity index (χ1v) is 12.6. The molecule has 0 saturated heterocycles. The van der Waals surface area contributed by atoms with Crippen LogP contribution in [0, 0.1) is 40.3 Å². The molecule has 1 heterocycles. The van der Waals surface area contributed by atoms with Crippen molar-refractivity contribution >= 4 is 5.91 Å². The molecule has 1 aliphatic heterocycles. The van der Waals surface area contributed by atoms with Crippen LogP contribution in [0.15, 0.2) is 36.4 Å². The molecule has 1 aromatic carbocycles. The van der Waals surface area contributed by atoms with Crippen LogP contribution < -0.4 is 0 Å². The summed E-state index contributed by atoms with van der Waals surface area (Å²) >= 11 is 0. The lowest BCUT2D eigenvalue weighted by atomic mass is 9.47. The molecule has 0 radical (unpaired) electrons. The molecule has 168 valence electrons. The highest BCUT2D eigenvalue weighted by Crippen LogP contribution is 2.66. The molecule has 4 aliphatic rings. The summed E-state index contributed by atoms with van der Waals surface area (Å²) in [6.45, 7) is 7.99. The van der Waals surface area contributed by atoms with E-state index in [-0.39, 0.29) is 17.1 Å². The van der Waals surface area contributed by atoms with Gasteiger partial charge in [-0.15, -0.1) is 0 Å². The van der Waals surface area contributed by atoms with Gasteiger partial charge in [0.1, 0.15) is 5.82 Å². The maximum atomic E-state index is 13.3. The Bertz CT molecular complexity index is 862. The van der Waals surface area contributed by atoms with Crippen molar-refractivity contribution in [1.82, 2.24) is 4.90 Å². The number of fused-ring (bicyclic) bond motifs is 5. The molecule has 0 unspecified atom stereocenters. The second-order valence-electron chi connectivity index (χ2n) is 11.3. The summed E-state index contributed by atoms with van der Waals surface area (Å²) < 4.78 is 13.3. The lowest BCUT2D eigenvalue weighted by Gasteiger charge is -2.60. The normalized spacial score (nSPS) is 41.6. The van der Waals surface area contributed by atoms with Gasteiger partial charge in [-0.1, -0.05) is 32.1 Å². The Labute approximate surface area is 187 Å². The smallest absolute Gasteiger partial charge is 0.246 e. The van der Waals surface area contributed by atoms with Crippen LogP contribution in [0.25, 0.3) is 0 Å². The topological polar surface area (TPSA) is 20.3 Å². The van der Waals surface area contributed by atoms with E-state index in [2.05, 4.69) is 31.7 Å². The van der Waals surface area contributed by atoms with Crippen molar-refractivity contribution in [1.29, 1.82) is 0 Å². The average molecular weight is 424 g/mol. The number of carbonyl (C=O) groups excluding carboxylic acids is 1. The third-order valence-electron chi connectivity index (χ3n) is 10.2. The van der Waals surface area contributed by atoms with Gasteiger partial charge in [-0.3, -0.25) is 4.79 Å². The summed E-state index contributed by atoms with van der Waals surface area (Å²) in [4.78, 5) is 14.6. The van der Waals surface area contributed by atoms with Crippen molar-refractivity contribution in [3.63, 3.8) is 0 Å². The van der Waals surface area contributed by atoms with E-state index in [0.29, 0.717) is 17.4 Å². The first-order valence-electron chi connectivity index (χ1n) is 12.6. The summed E-state index contributed by atoms with van der Waals surface area (Å²) in [5.41, 5.74) is 1.86. The number of amides is 1. The molecular weight excluding hydrogens is 385 g/mol. The molecule has 3 heteroatoms. The van der Waals surface area contributed by atoms with E-state index in [9.17, 15) is 9.18 Å². The van der Waals surface area contributed by atoms with Crippen molar-refractivity contribution in [2.24, 2.45) is 34.5 Å². The monoisotopic (exact) mass is 423 g/mol. The van der Waals surface area contributed by atoms with E-state index in [1.165, 1.54) is 44.1 Å². The van der Waals surface area contributed by atoms with Gasteiger partial charge >= 0.3 is 0 Å². The number of rotatable bonds is 4. The molecule has 0 aromatic heterocycles. The van der Waals surface area contributed by atoms with Crippen LogP contribution in [-0.4, -0.2) is 23.4 Å². The van der Waals surface area contributed by atoms with Crippen molar-refractivity contribution in [2.75, 3.05) is 6.54 Å². The van der Waals surface area contributed by atoms with Crippen LogP contribution in [-0.2, 0) is 11.2 Å². The first-order chi connectivity index (χ1) is 14.9. The lowest BCUT2D eigenvalue weighted by Crippen LogP contribution is -2.60. The van der Waals surface area contributed by atoms with E-state index in [0.717, 1.165) is 37.1 Å². The van der Waals surface area contributed by atoms with Gasteiger partial charge in [-0.2, -0.15) is 0 Å². The quantitative estimate of drug-likeness (QED) is 0.548. The predicted molar refractivity (Wildman–Crippen MR) is 123 cm³/mol. The van der Waals surface area contributed by atoms with Crippen molar-refractivity contribution in [3.8, 4) is 0 Å². The Morgan fingerprint density at radius 1 is 1.03 bits per heavy atom. The minimum Gasteiger partial charge on any atom is -0.336 e. The lowest BCUT2D eigenvalue weighted by molar-refractivity contribution is -0.141. The standard InChI is InChI=1S/C28H38FNO/c1-4-30-25-14-12-22-23-13-9-20(8-5-19-6-10-21(29)11-7-19)27(23,2)17-15-24(22)28(25,3)18-16-26(30)31/h6-7,10-11,16,18,20,22-25H,4-5,8-9,12-15,17H2,1-3H3/t20-,22-,23-,24-,25+,27+,28+/m0/s1. The molecule has 1 amide bonds. The number of hydrogen-bond donors (Lipinski definition) is 0. The molecule has 3 saturated carbocycles. The molecular formula is C28H38FNO. The van der Waals surface area contributed by atoms with E-state index in [1.807, 2.05) is 18.2 Å². The predicted octanol–water partition coefficient (Wildman–Crippen LogP) is 6.40. The summed E-state index contributed by atoms with van der Waals surface area (Å²) in [6, 6.07) is 7.50. The van der Waals surface area contributed by atoms with Crippen LogP contribution in [0.5, 0.6) is 0 Å². The fourth-order valence-electron chi connectivity index (χ4n) is 8.55. The highest BCUT2D eigenvalue weighted by atomic mass is 19.1. The summed E-state index contributed by atoms with van der Waals surface area (Å²) in [7, 11) is 0. The van der Waals surface area contributed by atoms with Crippen LogP contribution in [0.2, 0.25) is 0 Å². The minimum atomic E-state index is -0.140. The first kappa shape index (κ1) is 21.2. The zero-order valence-electron chi connectivity index (χ0n) is 19.4. The maximum Gasteiger partial charge on any atom is 0.246 e. The van der Waals surface area contributed by atoms with E-state index in [4.69, 9.17) is 0 Å². The Morgan fingerprint density at radius 2 is 1.81 bits per heavy atom. The third kappa shape index (κ3) is 3.29. The van der Waals surface area contributed by atoms with Gasteiger partial charge in [0.25, 0.3) is 0 Å². The molecule has 0 N–H and O–H groups in total. The van der Waals surface area contributed by atoms with Gasteiger partial charge in [0.15, 0.2) is 0 Å². The molecule has 1 aromatic rings. The zero-order chi connectivity index (χ0) is 21.8. The number of halogens is 1. The van der Waals surface area contributed by atoms with Crippen LogP contribution >= 0.6 is 0 Å². The number of nitrogens with zero attached hydrogens (tertiary/aromatic N) is 1. The Hall–Kier alpha value is -1.64. The van der Waals surface area contributed by atoms with E-state index in [1.54, 1.807) is 12.1 Å². The Morgan fingerprint density at radius 3 is 2.55 bits per heavy atom. The van der Waals surface area contributed by atoms with Gasteiger partial charge in [-0.25, -0.2) is 4.39 Å². The number of aryl methyl sites for hydroxylation is 1. The van der Waals surface area contributed by atoms with E-state index >= 15 is 0 Å². The second-order valence-corrected chi connectivity index (χ2v) is 11.3. The molecule has 7 atom stereocenters. The molecule has 5 rings (SSSR count). The van der Waals surface area contributed by atoms with Gasteiger partial charge in [-0.05, 0) is 111 Å². The maximum absolute atomic E-state index is 13.3. The Balaban J connectivity index is 1.33. The number of benzene rings is 1. The highest BCUT2D eigenvalue weighted by molar-refractivity contribution is 5.89. The van der Waals surface area contributed by atoms with Gasteiger partial charge in [0.05, 0.1) is 0 Å². The molecule has 2 nitrogen and oxygen atoms in total. The van der Waals surface area contributed by atoms with Gasteiger partial charge in [0.2, 0.25) is 5.91 Å². The summed E-state index contributed by atoms with van der Waals surface area (Å²) in [5.74, 6) is 3.18. The Kier molecular flexibility index (Phi) is 5.30. The largest absolute Gasteiger partial charge is 0.336 e. The van der Waals surface area contributed by atoms with Crippen molar-refractivity contribution in [2.45, 2.75) is 78.2 Å². The molecule has 0 bridgehead atoms. The summed E-state index contributed by atoms with van der Waals surface area (Å²) in [6.07, 6.45) is 14.3. The molecule has 3 aliphatic carbocycles. The molecule has 31 heavy (non-hydrogen) atoms. The van der Waals surface area contributed by atoms with E-state index < -0.39 is 0 Å². The third-order valence-corrected chi connectivity index (χ3v) is 10.2. The number of likely N-dealkylation sites (N-methyl/N-ethyl adjacent to an activating group) is 1. The molecule has 3 fully saturated rings. The average Bonchev–Trinajstić information content (AvgIpc) is 3.10. The minimum absolute atomic E-state index is 0.139.